The number of amides is 2. The van der Waals surface area contributed by atoms with Gasteiger partial charge in [0.05, 0.1) is 27.0 Å². The van der Waals surface area contributed by atoms with Gasteiger partial charge in [-0.3, -0.25) is 9.59 Å². The van der Waals surface area contributed by atoms with Crippen molar-refractivity contribution < 1.29 is 28.5 Å². The predicted octanol–water partition coefficient (Wildman–Crippen LogP) is 2.02. The van der Waals surface area contributed by atoms with Gasteiger partial charge in [-0.1, -0.05) is 0 Å². The van der Waals surface area contributed by atoms with Crippen LogP contribution in [0.15, 0.2) is 36.4 Å². The maximum atomic E-state index is 12.6. The molecule has 0 heterocycles. The van der Waals surface area contributed by atoms with Crippen LogP contribution in [0.3, 0.4) is 0 Å². The first-order valence-corrected chi connectivity index (χ1v) is 8.76. The summed E-state index contributed by atoms with van der Waals surface area (Å²) in [6.07, 6.45) is 0. The van der Waals surface area contributed by atoms with Crippen molar-refractivity contribution >= 4 is 23.2 Å². The summed E-state index contributed by atoms with van der Waals surface area (Å²) in [5, 5.41) is 5.88. The molecule has 0 spiro atoms. The summed E-state index contributed by atoms with van der Waals surface area (Å²) in [5.41, 5.74) is 6.21. The van der Waals surface area contributed by atoms with Gasteiger partial charge in [0.1, 0.15) is 17.5 Å². The monoisotopic (exact) mass is 403 g/mol. The van der Waals surface area contributed by atoms with Crippen molar-refractivity contribution in [2.75, 3.05) is 38.6 Å². The van der Waals surface area contributed by atoms with E-state index in [1.807, 2.05) is 0 Å². The molecule has 2 aromatic carbocycles. The summed E-state index contributed by atoms with van der Waals surface area (Å²) in [5.74, 6) is 0.983. The lowest BCUT2D eigenvalue weighted by Gasteiger charge is -2.18. The lowest BCUT2D eigenvalue weighted by Crippen LogP contribution is -2.32. The fourth-order valence-corrected chi connectivity index (χ4v) is 2.50. The third-order valence-electron chi connectivity index (χ3n) is 3.97. The minimum absolute atomic E-state index is 0.285. The van der Waals surface area contributed by atoms with Crippen LogP contribution in [0.25, 0.3) is 0 Å². The fraction of sp³-hybridized carbons (Fsp3) is 0.300. The maximum Gasteiger partial charge on any atom is 0.255 e. The first kappa shape index (κ1) is 21.7. The molecule has 0 aliphatic rings. The van der Waals surface area contributed by atoms with Gasteiger partial charge < -0.3 is 35.3 Å². The van der Waals surface area contributed by atoms with Crippen LogP contribution in [-0.2, 0) is 9.59 Å². The van der Waals surface area contributed by atoms with Gasteiger partial charge in [-0.25, -0.2) is 0 Å². The topological polar surface area (TPSA) is 121 Å². The van der Waals surface area contributed by atoms with Gasteiger partial charge in [0.25, 0.3) is 5.91 Å². The second-order valence-corrected chi connectivity index (χ2v) is 6.04. The second-order valence-electron chi connectivity index (χ2n) is 6.04. The molecular weight excluding hydrogens is 378 g/mol. The number of nitrogens with one attached hydrogen (secondary N) is 2. The molecule has 0 fully saturated rings. The number of anilines is 2. The van der Waals surface area contributed by atoms with E-state index in [4.69, 9.17) is 24.7 Å². The van der Waals surface area contributed by atoms with Crippen molar-refractivity contribution in [3.63, 3.8) is 0 Å². The van der Waals surface area contributed by atoms with Gasteiger partial charge in [-0.2, -0.15) is 0 Å². The van der Waals surface area contributed by atoms with Crippen molar-refractivity contribution in [2.45, 2.75) is 13.0 Å². The Kier molecular flexibility index (Phi) is 7.53. The molecule has 2 rings (SSSR count). The Hall–Kier alpha value is -3.62. The van der Waals surface area contributed by atoms with E-state index in [1.54, 1.807) is 50.4 Å². The van der Waals surface area contributed by atoms with Crippen LogP contribution < -0.4 is 35.3 Å². The molecule has 0 saturated heterocycles. The van der Waals surface area contributed by atoms with Crippen molar-refractivity contribution in [1.29, 1.82) is 0 Å². The summed E-state index contributed by atoms with van der Waals surface area (Å²) in [6, 6.07) is 9.53. The Labute approximate surface area is 169 Å². The number of benzene rings is 2. The van der Waals surface area contributed by atoms with Gasteiger partial charge in [0.2, 0.25) is 5.91 Å². The van der Waals surface area contributed by atoms with Gasteiger partial charge in [-0.15, -0.1) is 0 Å². The zero-order valence-corrected chi connectivity index (χ0v) is 16.8. The molecule has 0 aliphatic heterocycles. The smallest absolute Gasteiger partial charge is 0.255 e. The molecular formula is C20H25N3O6. The number of rotatable bonds is 10. The van der Waals surface area contributed by atoms with Gasteiger partial charge in [0, 0.05) is 17.8 Å². The lowest BCUT2D eigenvalue weighted by molar-refractivity contribution is -0.120. The van der Waals surface area contributed by atoms with E-state index in [2.05, 4.69) is 10.6 Å². The van der Waals surface area contributed by atoms with Crippen molar-refractivity contribution in [3.05, 3.63) is 36.4 Å². The Balaban J connectivity index is 2.11. The molecule has 2 amide bonds. The fourth-order valence-electron chi connectivity index (χ4n) is 2.50. The number of ether oxygens (including phenoxy) is 4. The largest absolute Gasteiger partial charge is 0.497 e. The van der Waals surface area contributed by atoms with Gasteiger partial charge in [-0.05, 0) is 31.2 Å². The van der Waals surface area contributed by atoms with E-state index in [0.29, 0.717) is 34.4 Å². The number of hydrogen-bond acceptors (Lipinski definition) is 7. The molecule has 0 aromatic heterocycles. The number of carbonyl (C=O) groups excluding carboxylic acids is 2. The summed E-state index contributed by atoms with van der Waals surface area (Å²) >= 11 is 0. The number of hydrogen-bond donors (Lipinski definition) is 3. The summed E-state index contributed by atoms with van der Waals surface area (Å²) < 4.78 is 21.0. The Morgan fingerprint density at radius 2 is 1.66 bits per heavy atom. The zero-order valence-electron chi connectivity index (χ0n) is 16.8. The van der Waals surface area contributed by atoms with E-state index < -0.39 is 11.9 Å². The number of nitrogens with two attached hydrogens (primary N) is 1. The minimum atomic E-state index is -0.606. The molecule has 2 aromatic rings. The minimum Gasteiger partial charge on any atom is -0.497 e. The number of primary amides is 1. The van der Waals surface area contributed by atoms with E-state index >= 15 is 0 Å². The first-order valence-electron chi connectivity index (χ1n) is 8.76. The average molecular weight is 403 g/mol. The highest BCUT2D eigenvalue weighted by Gasteiger charge is 2.17. The molecule has 0 aliphatic carbocycles. The Bertz CT molecular complexity index is 871. The van der Waals surface area contributed by atoms with Crippen molar-refractivity contribution in [3.8, 4) is 23.0 Å². The van der Waals surface area contributed by atoms with E-state index in [9.17, 15) is 9.59 Å². The van der Waals surface area contributed by atoms with E-state index in [0.717, 1.165) is 0 Å². The highest BCUT2D eigenvalue weighted by atomic mass is 16.5. The van der Waals surface area contributed by atoms with Crippen LogP contribution in [0.2, 0.25) is 0 Å². The second kappa shape index (κ2) is 10.1. The van der Waals surface area contributed by atoms with E-state index in [-0.39, 0.29) is 12.5 Å². The molecule has 156 valence electrons. The van der Waals surface area contributed by atoms with Gasteiger partial charge >= 0.3 is 0 Å². The van der Waals surface area contributed by atoms with Crippen LogP contribution in [0.4, 0.5) is 11.4 Å². The Morgan fingerprint density at radius 3 is 2.28 bits per heavy atom. The quantitative estimate of drug-likeness (QED) is 0.555. The molecule has 29 heavy (non-hydrogen) atoms. The molecule has 9 nitrogen and oxygen atoms in total. The predicted molar refractivity (Wildman–Crippen MR) is 109 cm³/mol. The van der Waals surface area contributed by atoms with Crippen LogP contribution in [0.1, 0.15) is 6.92 Å². The molecule has 0 radical (unpaired) electrons. The first-order chi connectivity index (χ1) is 13.9. The summed E-state index contributed by atoms with van der Waals surface area (Å²) in [6.45, 7) is 1.42. The Morgan fingerprint density at radius 1 is 0.966 bits per heavy atom. The molecule has 1 unspecified atom stereocenters. The number of methoxy groups -OCH3 is 3. The highest BCUT2D eigenvalue weighted by molar-refractivity contribution is 5.97. The molecule has 1 atom stereocenters. The molecule has 0 bridgehead atoms. The molecule has 0 saturated carbocycles. The third kappa shape index (κ3) is 5.93. The highest BCUT2D eigenvalue weighted by Crippen LogP contribution is 2.31. The van der Waals surface area contributed by atoms with Crippen LogP contribution in [0.5, 0.6) is 23.0 Å². The SMILES string of the molecule is COc1ccc(OC)c(NC(=O)C(C)Nc2ccc(OC)c(OCC(N)=O)c2)c1. The summed E-state index contributed by atoms with van der Waals surface area (Å²) in [4.78, 5) is 23.6. The zero-order chi connectivity index (χ0) is 21.4. The standard InChI is InChI=1S/C20H25N3O6/c1-12(20(25)23-15-10-14(26-2)6-8-16(15)27-3)22-13-5-7-17(28-4)18(9-13)29-11-19(21)24/h5-10,12,22H,11H2,1-4H3,(H2,21,24)(H,23,25). The summed E-state index contributed by atoms with van der Waals surface area (Å²) in [7, 11) is 4.54. The average Bonchev–Trinajstić information content (AvgIpc) is 2.72. The molecule has 4 N–H and O–H groups in total. The lowest BCUT2D eigenvalue weighted by atomic mass is 10.2. The van der Waals surface area contributed by atoms with Crippen LogP contribution in [0, 0.1) is 0 Å². The van der Waals surface area contributed by atoms with Crippen molar-refractivity contribution in [1.82, 2.24) is 0 Å². The van der Waals surface area contributed by atoms with E-state index in [1.165, 1.54) is 14.2 Å². The van der Waals surface area contributed by atoms with Crippen LogP contribution in [-0.4, -0.2) is 45.8 Å². The van der Waals surface area contributed by atoms with Crippen LogP contribution >= 0.6 is 0 Å². The van der Waals surface area contributed by atoms with Gasteiger partial charge in [0.15, 0.2) is 18.1 Å². The normalized spacial score (nSPS) is 11.2. The molecule has 9 heteroatoms. The third-order valence-corrected chi connectivity index (χ3v) is 3.97. The maximum absolute atomic E-state index is 12.6. The number of carbonyl (C=O) groups is 2. The van der Waals surface area contributed by atoms with Crippen molar-refractivity contribution in [2.24, 2.45) is 5.73 Å².